The van der Waals surface area contributed by atoms with E-state index in [1.807, 2.05) is 60.9 Å². The third-order valence-electron chi connectivity index (χ3n) is 7.07. The largest absolute Gasteiger partial charge is 0.494 e. The Morgan fingerprint density at radius 1 is 0.923 bits per heavy atom. The van der Waals surface area contributed by atoms with Gasteiger partial charge in [-0.05, 0) is 36.1 Å². The maximum Gasteiger partial charge on any atom is 0.312 e. The van der Waals surface area contributed by atoms with Gasteiger partial charge in [0.2, 0.25) is 5.91 Å². The van der Waals surface area contributed by atoms with Gasteiger partial charge in [-0.2, -0.15) is 0 Å². The smallest absolute Gasteiger partial charge is 0.312 e. The first-order valence-electron chi connectivity index (χ1n) is 13.7. The average Bonchev–Trinajstić information content (AvgIpc) is 2.94. The molecule has 3 aromatic rings. The van der Waals surface area contributed by atoms with Gasteiger partial charge in [-0.1, -0.05) is 69.0 Å². The lowest BCUT2D eigenvalue weighted by Crippen LogP contribution is -2.57. The summed E-state index contributed by atoms with van der Waals surface area (Å²) in [5.41, 5.74) is 9.95. The van der Waals surface area contributed by atoms with Gasteiger partial charge in [-0.3, -0.25) is 9.59 Å². The number of esters is 1. The van der Waals surface area contributed by atoms with Gasteiger partial charge in [0.05, 0.1) is 25.7 Å². The highest BCUT2D eigenvalue weighted by molar-refractivity contribution is 5.85. The average molecular weight is 531 g/mol. The molecule has 4 rings (SSSR count). The number of hydrogen-bond donors (Lipinski definition) is 1. The van der Waals surface area contributed by atoms with E-state index in [0.29, 0.717) is 25.3 Å². The van der Waals surface area contributed by atoms with E-state index in [1.54, 1.807) is 4.90 Å². The zero-order chi connectivity index (χ0) is 27.6. The van der Waals surface area contributed by atoms with Crippen LogP contribution >= 0.6 is 0 Å². The molecule has 206 valence electrons. The van der Waals surface area contributed by atoms with Gasteiger partial charge in [0, 0.05) is 36.6 Å². The summed E-state index contributed by atoms with van der Waals surface area (Å²) < 4.78 is 10.6. The predicted octanol–water partition coefficient (Wildman–Crippen LogP) is 4.66. The third kappa shape index (κ3) is 7.63. The maximum absolute atomic E-state index is 12.6. The van der Waals surface area contributed by atoms with Crippen LogP contribution in [0, 0.1) is 5.92 Å². The molecule has 39 heavy (non-hydrogen) atoms. The van der Waals surface area contributed by atoms with Gasteiger partial charge in [0.1, 0.15) is 5.75 Å². The van der Waals surface area contributed by atoms with Gasteiger partial charge < -0.3 is 20.1 Å². The van der Waals surface area contributed by atoms with E-state index in [-0.39, 0.29) is 17.8 Å². The van der Waals surface area contributed by atoms with Gasteiger partial charge >= 0.3 is 5.97 Å². The SMILES string of the molecule is CCCCCCCOc1ccc(-c2cnc(-c3ccc(C[C@H](N)C(=O)N4CC(C(=O)OC)C4)cc3)nc2)cc1. The van der Waals surface area contributed by atoms with Gasteiger partial charge in [-0.15, -0.1) is 0 Å². The van der Waals surface area contributed by atoms with Crippen molar-refractivity contribution in [3.63, 3.8) is 0 Å². The molecule has 1 aliphatic heterocycles. The van der Waals surface area contributed by atoms with Crippen molar-refractivity contribution in [2.24, 2.45) is 11.7 Å². The minimum atomic E-state index is -0.660. The van der Waals surface area contributed by atoms with Crippen LogP contribution < -0.4 is 10.5 Å². The summed E-state index contributed by atoms with van der Waals surface area (Å²) in [5.74, 6) is 0.816. The van der Waals surface area contributed by atoms with Crippen LogP contribution in [-0.2, 0) is 20.7 Å². The molecule has 1 atom stereocenters. The standard InChI is InChI=1S/C31H38N4O4/c1-3-4-5-6-7-16-39-27-14-12-23(13-15-27)25-18-33-29(34-19-25)24-10-8-22(9-11-24)17-28(32)30(36)35-20-26(21-35)31(37)38-2/h8-15,18-19,26,28H,3-7,16-17,20-21,32H2,1-2H3/t28-/m0/s1. The van der Waals surface area contributed by atoms with E-state index in [9.17, 15) is 9.59 Å². The van der Waals surface area contributed by atoms with Crippen LogP contribution in [0.15, 0.2) is 60.9 Å². The number of ether oxygens (including phenoxy) is 2. The number of hydrogen-bond acceptors (Lipinski definition) is 7. The predicted molar refractivity (Wildman–Crippen MR) is 151 cm³/mol. The van der Waals surface area contributed by atoms with Crippen LogP contribution in [0.3, 0.4) is 0 Å². The fourth-order valence-corrected chi connectivity index (χ4v) is 4.61. The normalized spacial score (nSPS) is 14.0. The monoisotopic (exact) mass is 530 g/mol. The Hall–Kier alpha value is -3.78. The number of likely N-dealkylation sites (tertiary alicyclic amines) is 1. The number of rotatable bonds is 13. The van der Waals surface area contributed by atoms with Crippen molar-refractivity contribution >= 4 is 11.9 Å². The molecule has 2 N–H and O–H groups in total. The summed E-state index contributed by atoms with van der Waals surface area (Å²) in [4.78, 5) is 34.8. The number of unbranched alkanes of at least 4 members (excludes halogenated alkanes) is 4. The van der Waals surface area contributed by atoms with Crippen molar-refractivity contribution in [1.82, 2.24) is 14.9 Å². The Morgan fingerprint density at radius 2 is 1.56 bits per heavy atom. The van der Waals surface area contributed by atoms with Crippen LogP contribution in [0.2, 0.25) is 0 Å². The molecular weight excluding hydrogens is 492 g/mol. The van der Waals surface area contributed by atoms with Crippen LogP contribution in [0.1, 0.15) is 44.6 Å². The molecule has 8 heteroatoms. The molecule has 0 radical (unpaired) electrons. The number of carbonyl (C=O) groups excluding carboxylic acids is 2. The van der Waals surface area contributed by atoms with Gasteiger partial charge in [0.25, 0.3) is 0 Å². The molecule has 8 nitrogen and oxygen atoms in total. The Balaban J connectivity index is 1.26. The second kappa shape index (κ2) is 13.8. The lowest BCUT2D eigenvalue weighted by molar-refractivity contribution is -0.156. The van der Waals surface area contributed by atoms with E-state index < -0.39 is 6.04 Å². The quantitative estimate of drug-likeness (QED) is 0.253. The minimum Gasteiger partial charge on any atom is -0.494 e. The maximum atomic E-state index is 12.6. The highest BCUT2D eigenvalue weighted by atomic mass is 16.5. The summed E-state index contributed by atoms with van der Waals surface area (Å²) >= 11 is 0. The Morgan fingerprint density at radius 3 is 2.21 bits per heavy atom. The first-order valence-corrected chi connectivity index (χ1v) is 13.7. The van der Waals surface area contributed by atoms with Crippen LogP contribution in [0.25, 0.3) is 22.5 Å². The lowest BCUT2D eigenvalue weighted by Gasteiger charge is -2.38. The summed E-state index contributed by atoms with van der Waals surface area (Å²) in [6.45, 7) is 3.70. The summed E-state index contributed by atoms with van der Waals surface area (Å²) in [5, 5.41) is 0. The van der Waals surface area contributed by atoms with Crippen molar-refractivity contribution in [2.45, 2.75) is 51.5 Å². The van der Waals surface area contributed by atoms with E-state index in [0.717, 1.165) is 41.0 Å². The fraction of sp³-hybridized carbons (Fsp3) is 0.419. The molecule has 0 aliphatic carbocycles. The molecule has 1 saturated heterocycles. The van der Waals surface area contributed by atoms with E-state index in [1.165, 1.54) is 32.8 Å². The molecule has 1 fully saturated rings. The van der Waals surface area contributed by atoms with E-state index >= 15 is 0 Å². The summed E-state index contributed by atoms with van der Waals surface area (Å²) in [6.07, 6.45) is 10.2. The number of amides is 1. The van der Waals surface area contributed by atoms with Crippen molar-refractivity contribution < 1.29 is 19.1 Å². The molecule has 1 aromatic heterocycles. The number of methoxy groups -OCH3 is 1. The highest BCUT2D eigenvalue weighted by Crippen LogP contribution is 2.24. The number of benzene rings is 2. The first-order chi connectivity index (χ1) is 19.0. The third-order valence-corrected chi connectivity index (χ3v) is 7.07. The second-order valence-electron chi connectivity index (χ2n) is 10.1. The van der Waals surface area contributed by atoms with E-state index in [2.05, 4.69) is 16.9 Å². The molecular formula is C31H38N4O4. The lowest BCUT2D eigenvalue weighted by atomic mass is 9.97. The Labute approximate surface area is 230 Å². The fourth-order valence-electron chi connectivity index (χ4n) is 4.61. The topological polar surface area (TPSA) is 108 Å². The van der Waals surface area contributed by atoms with Crippen molar-refractivity contribution in [1.29, 1.82) is 0 Å². The van der Waals surface area contributed by atoms with Crippen molar-refractivity contribution in [3.8, 4) is 28.3 Å². The van der Waals surface area contributed by atoms with Crippen molar-refractivity contribution in [3.05, 3.63) is 66.5 Å². The number of carbonyl (C=O) groups is 2. The van der Waals surface area contributed by atoms with Crippen LogP contribution in [0.5, 0.6) is 5.75 Å². The highest BCUT2D eigenvalue weighted by Gasteiger charge is 2.38. The van der Waals surface area contributed by atoms with Gasteiger partial charge in [-0.25, -0.2) is 9.97 Å². The molecule has 0 unspecified atom stereocenters. The molecule has 0 bridgehead atoms. The minimum absolute atomic E-state index is 0.153. The Kier molecular flexibility index (Phi) is 10.0. The molecule has 2 heterocycles. The zero-order valence-corrected chi connectivity index (χ0v) is 22.8. The van der Waals surface area contributed by atoms with Gasteiger partial charge in [0.15, 0.2) is 5.82 Å². The number of nitrogens with two attached hydrogens (primary N) is 1. The summed E-state index contributed by atoms with van der Waals surface area (Å²) in [6, 6.07) is 15.1. The molecule has 0 spiro atoms. The molecule has 0 saturated carbocycles. The van der Waals surface area contributed by atoms with Crippen molar-refractivity contribution in [2.75, 3.05) is 26.8 Å². The number of nitrogens with zero attached hydrogens (tertiary/aromatic N) is 3. The first kappa shape index (κ1) is 28.2. The molecule has 1 amide bonds. The number of aromatic nitrogens is 2. The second-order valence-corrected chi connectivity index (χ2v) is 10.1. The van der Waals surface area contributed by atoms with Crippen LogP contribution in [0.4, 0.5) is 0 Å². The Bertz CT molecular complexity index is 1210. The van der Waals surface area contributed by atoms with E-state index in [4.69, 9.17) is 15.2 Å². The molecule has 2 aromatic carbocycles. The van der Waals surface area contributed by atoms with Crippen LogP contribution in [-0.4, -0.2) is 59.6 Å². The molecule has 1 aliphatic rings. The zero-order valence-electron chi connectivity index (χ0n) is 22.8. The summed E-state index contributed by atoms with van der Waals surface area (Å²) in [7, 11) is 1.35.